The van der Waals surface area contributed by atoms with E-state index in [1.165, 1.54) is 18.6 Å². The van der Waals surface area contributed by atoms with E-state index in [1.807, 2.05) is 0 Å². The maximum atomic E-state index is 7.26. The first kappa shape index (κ1) is 9.20. The summed E-state index contributed by atoms with van der Waals surface area (Å²) < 4.78 is 0. The van der Waals surface area contributed by atoms with Crippen molar-refractivity contribution in [3.63, 3.8) is 0 Å². The summed E-state index contributed by atoms with van der Waals surface area (Å²) in [6.45, 7) is 0. The Balaban J connectivity index is 0.000000180. The van der Waals surface area contributed by atoms with Crippen LogP contribution in [0.25, 0.3) is 0 Å². The van der Waals surface area contributed by atoms with Gasteiger partial charge in [0, 0.05) is 9.52 Å². The molecule has 0 unspecified atom stereocenters. The molecule has 1 fully saturated rings. The first-order chi connectivity index (χ1) is 4.91. The maximum absolute atomic E-state index is 7.26. The molecule has 1 rings (SSSR count). The Morgan fingerprint density at radius 3 is 1.50 bits per heavy atom. The van der Waals surface area contributed by atoms with Crippen LogP contribution in [0.2, 0.25) is 12.1 Å². The van der Waals surface area contributed by atoms with Gasteiger partial charge in [-0.15, -0.1) is 0 Å². The lowest BCUT2D eigenvalue weighted by Crippen LogP contribution is -1.94. The van der Waals surface area contributed by atoms with Gasteiger partial charge in [0.15, 0.2) is 12.1 Å². The van der Waals surface area contributed by atoms with Crippen molar-refractivity contribution in [1.82, 2.24) is 0 Å². The molecule has 10 heavy (non-hydrogen) atoms. The second-order valence-electron chi connectivity index (χ2n) is 2.34. The smallest absolute Gasteiger partial charge is 0.181 e. The van der Waals surface area contributed by atoms with Gasteiger partial charge in [0.25, 0.3) is 0 Å². The van der Waals surface area contributed by atoms with Crippen molar-refractivity contribution in [1.29, 1.82) is 10.5 Å². The van der Waals surface area contributed by atoms with Crippen molar-refractivity contribution in [3.8, 4) is 12.1 Å². The van der Waals surface area contributed by atoms with Crippen LogP contribution >= 0.6 is 0 Å². The molecule has 0 atom stereocenters. The lowest BCUT2D eigenvalue weighted by atomic mass is 10.3. The molecule has 0 spiro atoms. The van der Waals surface area contributed by atoms with Crippen LogP contribution in [0.4, 0.5) is 0 Å². The Kier molecular flexibility index (Phi) is 7.54. The Morgan fingerprint density at radius 2 is 1.40 bits per heavy atom. The minimum atomic E-state index is 0.508. The molecular weight excluding hydrogens is 140 g/mol. The quantitative estimate of drug-likeness (QED) is 0.490. The largest absolute Gasteiger partial charge is 0.181 e. The van der Waals surface area contributed by atoms with Crippen molar-refractivity contribution < 1.29 is 0 Å². The highest BCUT2D eigenvalue weighted by atomic mass is 28.2. The number of nitrogens with zero attached hydrogens (tertiary/aromatic N) is 2. The third kappa shape index (κ3) is 7.20. The van der Waals surface area contributed by atoms with E-state index in [2.05, 4.69) is 0 Å². The van der Waals surface area contributed by atoms with Crippen LogP contribution in [0.15, 0.2) is 0 Å². The third-order valence-corrected chi connectivity index (χ3v) is 3.55. The fraction of sp³-hybridized carbons (Fsp3) is 0.714. The van der Waals surface area contributed by atoms with E-state index in [1.54, 1.807) is 24.9 Å². The number of hydrogen-bond donors (Lipinski definition) is 0. The lowest BCUT2D eigenvalue weighted by molar-refractivity contribution is 0.734. The Labute approximate surface area is 64.3 Å². The van der Waals surface area contributed by atoms with E-state index in [-0.39, 0.29) is 0 Å². The van der Waals surface area contributed by atoms with E-state index in [0.717, 1.165) is 0 Å². The second-order valence-corrected chi connectivity index (χ2v) is 4.47. The summed E-state index contributed by atoms with van der Waals surface area (Å²) >= 11 is 0. The Bertz CT molecular complexity index is 115. The first-order valence-corrected chi connectivity index (χ1v) is 5.70. The molecule has 0 bridgehead atoms. The summed E-state index contributed by atoms with van der Waals surface area (Å²) in [5.41, 5.74) is 0. The fourth-order valence-corrected chi connectivity index (χ4v) is 2.83. The average molecular weight is 152 g/mol. The highest BCUT2D eigenvalue weighted by molar-refractivity contribution is 6.35. The average Bonchev–Trinajstić information content (AvgIpc) is 2.08. The molecule has 3 heteroatoms. The zero-order chi connectivity index (χ0) is 7.66. The van der Waals surface area contributed by atoms with Gasteiger partial charge >= 0.3 is 0 Å². The van der Waals surface area contributed by atoms with Gasteiger partial charge in [0.1, 0.15) is 0 Å². The normalized spacial score (nSPS) is 15.4. The number of nitriles is 2. The molecule has 1 saturated heterocycles. The van der Waals surface area contributed by atoms with E-state index >= 15 is 0 Å². The summed E-state index contributed by atoms with van der Waals surface area (Å²) in [6.07, 6.45) is 4.66. The molecule has 2 nitrogen and oxygen atoms in total. The van der Waals surface area contributed by atoms with Crippen LogP contribution < -0.4 is 0 Å². The van der Waals surface area contributed by atoms with Gasteiger partial charge in [-0.25, -0.2) is 0 Å². The highest BCUT2D eigenvalue weighted by Crippen LogP contribution is 2.10. The molecule has 0 aromatic rings. The molecule has 0 radical (unpaired) electrons. The molecule has 1 aliphatic rings. The number of hydrogen-bond acceptors (Lipinski definition) is 2. The topological polar surface area (TPSA) is 47.6 Å². The number of rotatable bonds is 0. The molecule has 0 N–H and O–H groups in total. The first-order valence-electron chi connectivity index (χ1n) is 3.70. The SMILES string of the molecule is C1CC[SiH2]CC1.N#CC#N. The maximum Gasteiger partial charge on any atom is 0.181 e. The molecule has 1 aliphatic heterocycles. The van der Waals surface area contributed by atoms with Crippen LogP contribution in [0.3, 0.4) is 0 Å². The molecule has 1 heterocycles. The molecule has 0 aliphatic carbocycles. The zero-order valence-electron chi connectivity index (χ0n) is 6.14. The molecule has 54 valence electrons. The van der Waals surface area contributed by atoms with Crippen molar-refractivity contribution in [2.75, 3.05) is 0 Å². The Hall–Kier alpha value is -0.803. The monoisotopic (exact) mass is 152 g/mol. The van der Waals surface area contributed by atoms with Crippen LogP contribution in [-0.2, 0) is 0 Å². The fourth-order valence-electron chi connectivity index (χ4n) is 1.06. The molecule has 0 amide bonds. The van der Waals surface area contributed by atoms with E-state index in [0.29, 0.717) is 9.52 Å². The molecule has 0 saturated carbocycles. The van der Waals surface area contributed by atoms with E-state index < -0.39 is 0 Å². The van der Waals surface area contributed by atoms with Gasteiger partial charge in [-0.05, 0) is 0 Å². The molecule has 0 aromatic carbocycles. The van der Waals surface area contributed by atoms with Gasteiger partial charge in [0.05, 0.1) is 0 Å². The molecular formula is C7H12N2Si. The summed E-state index contributed by atoms with van der Waals surface area (Å²) in [4.78, 5) is 0. The predicted molar refractivity (Wildman–Crippen MR) is 43.2 cm³/mol. The summed E-state index contributed by atoms with van der Waals surface area (Å²) in [5, 5.41) is 14.5. The second kappa shape index (κ2) is 8.20. The van der Waals surface area contributed by atoms with Crippen LogP contribution in [-0.4, -0.2) is 9.52 Å². The van der Waals surface area contributed by atoms with Gasteiger partial charge in [-0.2, -0.15) is 10.5 Å². The van der Waals surface area contributed by atoms with Gasteiger partial charge < -0.3 is 0 Å². The highest BCUT2D eigenvalue weighted by Gasteiger charge is 1.96. The minimum absolute atomic E-state index is 0.508. The van der Waals surface area contributed by atoms with Crippen molar-refractivity contribution in [2.45, 2.75) is 31.4 Å². The summed E-state index contributed by atoms with van der Waals surface area (Å²) in [6, 6.07) is 5.75. The van der Waals surface area contributed by atoms with Gasteiger partial charge in [-0.3, -0.25) is 0 Å². The Morgan fingerprint density at radius 1 is 0.900 bits per heavy atom. The predicted octanol–water partition coefficient (Wildman–Crippen LogP) is 1.21. The van der Waals surface area contributed by atoms with Crippen molar-refractivity contribution >= 4 is 9.52 Å². The van der Waals surface area contributed by atoms with Gasteiger partial charge in [-0.1, -0.05) is 31.4 Å². The van der Waals surface area contributed by atoms with E-state index in [4.69, 9.17) is 10.5 Å². The minimum Gasteiger partial charge on any atom is -0.181 e. The van der Waals surface area contributed by atoms with E-state index in [9.17, 15) is 0 Å². The standard InChI is InChI=1S/C5H12Si.C2N2/c1-2-4-6-5-3-1;3-1-2-4/h1-6H2;. The summed E-state index contributed by atoms with van der Waals surface area (Å²) in [5.74, 6) is 0. The van der Waals surface area contributed by atoms with Crippen LogP contribution in [0.1, 0.15) is 19.3 Å². The molecule has 0 aromatic heterocycles. The van der Waals surface area contributed by atoms with Crippen molar-refractivity contribution in [2.24, 2.45) is 0 Å². The zero-order valence-corrected chi connectivity index (χ0v) is 7.55. The van der Waals surface area contributed by atoms with Crippen molar-refractivity contribution in [3.05, 3.63) is 0 Å². The summed E-state index contributed by atoms with van der Waals surface area (Å²) in [7, 11) is 0.508. The van der Waals surface area contributed by atoms with Crippen LogP contribution in [0, 0.1) is 22.7 Å². The lowest BCUT2D eigenvalue weighted by Gasteiger charge is -2.04. The third-order valence-electron chi connectivity index (χ3n) is 1.55. The van der Waals surface area contributed by atoms with Gasteiger partial charge in [0.2, 0.25) is 0 Å². The van der Waals surface area contributed by atoms with Crippen LogP contribution in [0.5, 0.6) is 0 Å².